The Balaban J connectivity index is 2.46. The van der Waals surface area contributed by atoms with Crippen LogP contribution in [-0.2, 0) is 0 Å². The smallest absolute Gasteiger partial charge is 0.113 e. The van der Waals surface area contributed by atoms with Crippen LogP contribution in [0, 0.1) is 0 Å². The minimum absolute atomic E-state index is 0.144. The molecule has 1 aliphatic heterocycles. The van der Waals surface area contributed by atoms with Gasteiger partial charge in [0.05, 0.1) is 0 Å². The van der Waals surface area contributed by atoms with Gasteiger partial charge in [-0.3, -0.25) is 4.90 Å². The van der Waals surface area contributed by atoms with Crippen molar-refractivity contribution in [3.63, 3.8) is 0 Å². The first-order chi connectivity index (χ1) is 5.00. The van der Waals surface area contributed by atoms with Crippen molar-refractivity contribution in [1.82, 2.24) is 4.90 Å². The van der Waals surface area contributed by atoms with Crippen LogP contribution in [0.3, 0.4) is 0 Å². The molecule has 2 heteroatoms. The lowest BCUT2D eigenvalue weighted by molar-refractivity contribution is 0.0625. The van der Waals surface area contributed by atoms with Crippen molar-refractivity contribution in [1.29, 1.82) is 0 Å². The Hall–Kier alpha value is -0.110. The van der Waals surface area contributed by atoms with Gasteiger partial charge in [0.25, 0.3) is 0 Å². The van der Waals surface area contributed by atoms with Gasteiger partial charge in [0, 0.05) is 12.1 Å². The molecule has 0 aromatic rings. The molecule has 1 aliphatic rings. The van der Waals surface area contributed by atoms with E-state index in [2.05, 4.69) is 25.7 Å². The Kier molecular flexibility index (Phi) is 2.53. The van der Waals surface area contributed by atoms with E-state index in [1.165, 1.54) is 0 Å². The predicted molar refractivity (Wildman–Crippen MR) is 45.5 cm³/mol. The zero-order valence-electron chi connectivity index (χ0n) is 7.73. The summed E-state index contributed by atoms with van der Waals surface area (Å²) in [4.78, 5) is 2.22. The molecule has 1 rings (SSSR count). The van der Waals surface area contributed by atoms with Gasteiger partial charge in [0.1, 0.15) is 6.17 Å². The van der Waals surface area contributed by atoms with Crippen molar-refractivity contribution in [2.45, 2.75) is 45.3 Å². The van der Waals surface area contributed by atoms with Crippen molar-refractivity contribution in [3.8, 4) is 0 Å². The molecular formula is C9H18FN. The summed E-state index contributed by atoms with van der Waals surface area (Å²) >= 11 is 0. The van der Waals surface area contributed by atoms with Crippen molar-refractivity contribution in [3.05, 3.63) is 0 Å². The summed E-state index contributed by atoms with van der Waals surface area (Å²) in [5.74, 6) is 0. The summed E-state index contributed by atoms with van der Waals surface area (Å²) in [7, 11) is 0. The van der Waals surface area contributed by atoms with E-state index < -0.39 is 6.17 Å². The van der Waals surface area contributed by atoms with Crippen LogP contribution in [0.4, 0.5) is 4.39 Å². The molecule has 0 bridgehead atoms. The van der Waals surface area contributed by atoms with Crippen molar-refractivity contribution in [2.24, 2.45) is 0 Å². The van der Waals surface area contributed by atoms with Crippen LogP contribution < -0.4 is 0 Å². The predicted octanol–water partition coefficient (Wildman–Crippen LogP) is 2.22. The first-order valence-corrected chi connectivity index (χ1v) is 4.39. The number of nitrogens with zero attached hydrogens (tertiary/aromatic N) is 1. The molecule has 1 atom stereocenters. The van der Waals surface area contributed by atoms with E-state index >= 15 is 0 Å². The summed E-state index contributed by atoms with van der Waals surface area (Å²) in [6.07, 6.45) is 1.17. The number of hydrogen-bond acceptors (Lipinski definition) is 1. The van der Waals surface area contributed by atoms with Crippen LogP contribution in [-0.4, -0.2) is 29.7 Å². The van der Waals surface area contributed by atoms with Crippen molar-refractivity contribution >= 4 is 0 Å². The molecule has 0 aromatic carbocycles. The largest absolute Gasteiger partial charge is 0.296 e. The highest BCUT2D eigenvalue weighted by Gasteiger charge is 2.27. The Bertz CT molecular complexity index is 128. The van der Waals surface area contributed by atoms with Gasteiger partial charge in [0.15, 0.2) is 0 Å². The van der Waals surface area contributed by atoms with Gasteiger partial charge in [-0.05, 0) is 40.2 Å². The van der Waals surface area contributed by atoms with Crippen LogP contribution in [0.25, 0.3) is 0 Å². The first kappa shape index (κ1) is 8.98. The summed E-state index contributed by atoms with van der Waals surface area (Å²) in [5.41, 5.74) is 0.144. The quantitative estimate of drug-likeness (QED) is 0.524. The van der Waals surface area contributed by atoms with E-state index in [9.17, 15) is 4.39 Å². The number of piperidine rings is 1. The minimum Gasteiger partial charge on any atom is -0.296 e. The fraction of sp³-hybridized carbons (Fsp3) is 1.00. The molecule has 0 unspecified atom stereocenters. The number of alkyl halides is 1. The second-order valence-electron chi connectivity index (χ2n) is 4.36. The molecule has 66 valence electrons. The van der Waals surface area contributed by atoms with Crippen LogP contribution in [0.15, 0.2) is 0 Å². The van der Waals surface area contributed by atoms with Gasteiger partial charge >= 0.3 is 0 Å². The minimum atomic E-state index is -0.594. The van der Waals surface area contributed by atoms with E-state index in [1.54, 1.807) is 0 Å². The Morgan fingerprint density at radius 2 is 2.00 bits per heavy atom. The van der Waals surface area contributed by atoms with Crippen LogP contribution in [0.1, 0.15) is 33.6 Å². The maximum atomic E-state index is 12.9. The normalized spacial score (nSPS) is 28.9. The number of rotatable bonds is 0. The fourth-order valence-electron chi connectivity index (χ4n) is 1.53. The third kappa shape index (κ3) is 2.44. The van der Waals surface area contributed by atoms with E-state index in [0.717, 1.165) is 19.4 Å². The van der Waals surface area contributed by atoms with E-state index in [4.69, 9.17) is 0 Å². The van der Waals surface area contributed by atoms with E-state index in [0.29, 0.717) is 6.54 Å². The Labute approximate surface area is 68.6 Å². The highest BCUT2D eigenvalue weighted by Crippen LogP contribution is 2.21. The van der Waals surface area contributed by atoms with Crippen LogP contribution in [0.2, 0.25) is 0 Å². The van der Waals surface area contributed by atoms with Crippen molar-refractivity contribution in [2.75, 3.05) is 13.1 Å². The average molecular weight is 159 g/mol. The molecule has 1 nitrogen and oxygen atoms in total. The van der Waals surface area contributed by atoms with Gasteiger partial charge in [-0.25, -0.2) is 4.39 Å². The molecule has 0 N–H and O–H groups in total. The van der Waals surface area contributed by atoms with E-state index in [-0.39, 0.29) is 5.54 Å². The third-order valence-electron chi connectivity index (χ3n) is 2.31. The van der Waals surface area contributed by atoms with Gasteiger partial charge in [-0.1, -0.05) is 0 Å². The molecule has 11 heavy (non-hydrogen) atoms. The molecule has 1 heterocycles. The lowest BCUT2D eigenvalue weighted by atomic mass is 10.0. The lowest BCUT2D eigenvalue weighted by Gasteiger charge is -2.39. The highest BCUT2D eigenvalue weighted by molar-refractivity contribution is 4.82. The first-order valence-electron chi connectivity index (χ1n) is 4.39. The second-order valence-corrected chi connectivity index (χ2v) is 4.36. The van der Waals surface area contributed by atoms with Gasteiger partial charge in [0.2, 0.25) is 0 Å². The second kappa shape index (κ2) is 3.10. The molecule has 1 saturated heterocycles. The maximum absolute atomic E-state index is 12.9. The molecule has 0 amide bonds. The zero-order valence-corrected chi connectivity index (χ0v) is 7.73. The highest BCUT2D eigenvalue weighted by atomic mass is 19.1. The Morgan fingerprint density at radius 1 is 1.36 bits per heavy atom. The molecular weight excluding hydrogens is 141 g/mol. The monoisotopic (exact) mass is 159 g/mol. The van der Waals surface area contributed by atoms with Gasteiger partial charge in [-0.15, -0.1) is 0 Å². The van der Waals surface area contributed by atoms with Gasteiger partial charge in [-0.2, -0.15) is 0 Å². The standard InChI is InChI=1S/C9H18FN/c1-9(2,3)11-6-4-5-8(10)7-11/h8H,4-7H2,1-3H3/t8-/m0/s1. The van der Waals surface area contributed by atoms with Gasteiger partial charge < -0.3 is 0 Å². The van der Waals surface area contributed by atoms with Crippen LogP contribution in [0.5, 0.6) is 0 Å². The summed E-state index contributed by atoms with van der Waals surface area (Å²) in [6, 6.07) is 0. The SMILES string of the molecule is CC(C)(C)N1CCC[C@H](F)C1. The molecule has 0 radical (unpaired) electrons. The third-order valence-corrected chi connectivity index (χ3v) is 2.31. The molecule has 0 spiro atoms. The average Bonchev–Trinajstić information content (AvgIpc) is 1.86. The zero-order chi connectivity index (χ0) is 8.48. The molecule has 1 fully saturated rings. The Morgan fingerprint density at radius 3 is 2.36 bits per heavy atom. The topological polar surface area (TPSA) is 3.24 Å². The number of hydrogen-bond donors (Lipinski definition) is 0. The number of likely N-dealkylation sites (tertiary alicyclic amines) is 1. The molecule has 0 aromatic heterocycles. The maximum Gasteiger partial charge on any atom is 0.113 e. The van der Waals surface area contributed by atoms with Crippen molar-refractivity contribution < 1.29 is 4.39 Å². The summed E-state index contributed by atoms with van der Waals surface area (Å²) in [6.45, 7) is 8.12. The molecule has 0 aliphatic carbocycles. The lowest BCUT2D eigenvalue weighted by Crippen LogP contribution is -2.47. The fourth-order valence-corrected chi connectivity index (χ4v) is 1.53. The van der Waals surface area contributed by atoms with Crippen LogP contribution >= 0.6 is 0 Å². The van der Waals surface area contributed by atoms with E-state index in [1.807, 2.05) is 0 Å². The summed E-state index contributed by atoms with van der Waals surface area (Å²) in [5, 5.41) is 0. The molecule has 0 saturated carbocycles. The summed E-state index contributed by atoms with van der Waals surface area (Å²) < 4.78 is 12.9. The number of halogens is 1.